The Morgan fingerprint density at radius 3 is 2.96 bits per heavy atom. The summed E-state index contributed by atoms with van der Waals surface area (Å²) < 4.78 is 5.14. The summed E-state index contributed by atoms with van der Waals surface area (Å²) >= 11 is 0. The monoisotopic (exact) mass is 325 g/mol. The van der Waals surface area contributed by atoms with E-state index in [4.69, 9.17) is 4.42 Å². The zero-order chi connectivity index (χ0) is 16.9. The zero-order valence-electron chi connectivity index (χ0n) is 13.4. The number of furan rings is 1. The second-order valence-electron chi connectivity index (χ2n) is 5.42. The molecule has 1 aromatic carbocycles. The van der Waals surface area contributed by atoms with Gasteiger partial charge in [-0.1, -0.05) is 6.07 Å². The van der Waals surface area contributed by atoms with Gasteiger partial charge in [0.1, 0.15) is 5.76 Å². The van der Waals surface area contributed by atoms with E-state index in [1.807, 2.05) is 25.1 Å². The Bertz CT molecular complexity index is 766. The zero-order valence-corrected chi connectivity index (χ0v) is 13.4. The second kappa shape index (κ2) is 7.04. The highest BCUT2D eigenvalue weighted by Gasteiger charge is 2.24. The fourth-order valence-electron chi connectivity index (χ4n) is 2.64. The standard InChI is InChI=1S/C18H19N3O3/c1-2-19-18(23)21-10-9-13-5-6-14(12-16(13)21)20-17(22)8-7-15-4-3-11-24-15/h3-8,11-12H,2,9-10H2,1H3,(H,19,23)(H,20,22)/b8-7+. The maximum atomic E-state index is 12.1. The lowest BCUT2D eigenvalue weighted by Crippen LogP contribution is -2.38. The summed E-state index contributed by atoms with van der Waals surface area (Å²) in [6.07, 6.45) is 5.38. The lowest BCUT2D eigenvalue weighted by atomic mass is 10.1. The highest BCUT2D eigenvalue weighted by molar-refractivity contribution is 6.02. The van der Waals surface area contributed by atoms with Gasteiger partial charge in [0.05, 0.1) is 12.0 Å². The molecule has 1 aromatic heterocycles. The fraction of sp³-hybridized carbons (Fsp3) is 0.222. The number of benzene rings is 1. The topological polar surface area (TPSA) is 74.6 Å². The molecule has 3 rings (SSSR count). The third kappa shape index (κ3) is 3.48. The van der Waals surface area contributed by atoms with Crippen LogP contribution in [0.15, 0.2) is 47.1 Å². The Kier molecular flexibility index (Phi) is 4.65. The molecule has 6 heteroatoms. The molecule has 6 nitrogen and oxygen atoms in total. The number of hydrogen-bond acceptors (Lipinski definition) is 3. The van der Waals surface area contributed by atoms with Crippen LogP contribution in [0.25, 0.3) is 6.08 Å². The van der Waals surface area contributed by atoms with E-state index in [0.29, 0.717) is 24.5 Å². The third-order valence-corrected chi connectivity index (χ3v) is 3.76. The Hall–Kier alpha value is -3.02. The van der Waals surface area contributed by atoms with Crippen molar-refractivity contribution in [1.29, 1.82) is 0 Å². The minimum Gasteiger partial charge on any atom is -0.465 e. The van der Waals surface area contributed by atoms with Gasteiger partial charge in [-0.2, -0.15) is 0 Å². The van der Waals surface area contributed by atoms with Crippen molar-refractivity contribution >= 4 is 29.4 Å². The maximum absolute atomic E-state index is 12.1. The molecular weight excluding hydrogens is 306 g/mol. The first-order valence-electron chi connectivity index (χ1n) is 7.88. The van der Waals surface area contributed by atoms with Crippen molar-refractivity contribution in [1.82, 2.24) is 5.32 Å². The Balaban J connectivity index is 1.70. The van der Waals surface area contributed by atoms with Crippen molar-refractivity contribution < 1.29 is 14.0 Å². The number of fused-ring (bicyclic) bond motifs is 1. The predicted octanol–water partition coefficient (Wildman–Crippen LogP) is 3.02. The van der Waals surface area contributed by atoms with Crippen molar-refractivity contribution in [3.63, 3.8) is 0 Å². The number of amides is 3. The Morgan fingerprint density at radius 1 is 1.33 bits per heavy atom. The lowest BCUT2D eigenvalue weighted by molar-refractivity contribution is -0.111. The van der Waals surface area contributed by atoms with Crippen LogP contribution in [0.2, 0.25) is 0 Å². The number of hydrogen-bond donors (Lipinski definition) is 2. The minimum absolute atomic E-state index is 0.113. The molecule has 0 saturated carbocycles. The molecule has 124 valence electrons. The molecule has 0 radical (unpaired) electrons. The molecule has 24 heavy (non-hydrogen) atoms. The molecular formula is C18H19N3O3. The molecule has 2 N–H and O–H groups in total. The van der Waals surface area contributed by atoms with Gasteiger partial charge in [0.2, 0.25) is 5.91 Å². The number of carbonyl (C=O) groups excluding carboxylic acids is 2. The molecule has 1 aliphatic heterocycles. The first kappa shape index (κ1) is 15.9. The van der Waals surface area contributed by atoms with Gasteiger partial charge < -0.3 is 15.1 Å². The number of anilines is 2. The van der Waals surface area contributed by atoms with Crippen molar-refractivity contribution in [2.75, 3.05) is 23.3 Å². The smallest absolute Gasteiger partial charge is 0.321 e. The van der Waals surface area contributed by atoms with Crippen molar-refractivity contribution in [2.24, 2.45) is 0 Å². The number of nitrogens with zero attached hydrogens (tertiary/aromatic N) is 1. The van der Waals surface area contributed by atoms with E-state index in [9.17, 15) is 9.59 Å². The molecule has 0 saturated heterocycles. The average Bonchev–Trinajstić information content (AvgIpc) is 3.22. The van der Waals surface area contributed by atoms with Crippen LogP contribution in [0.3, 0.4) is 0 Å². The number of nitrogens with one attached hydrogen (secondary N) is 2. The van der Waals surface area contributed by atoms with E-state index in [1.165, 1.54) is 6.08 Å². The SMILES string of the molecule is CCNC(=O)N1CCc2ccc(NC(=O)/C=C/c3ccco3)cc21. The van der Waals surface area contributed by atoms with E-state index in [-0.39, 0.29) is 11.9 Å². The van der Waals surface area contributed by atoms with E-state index < -0.39 is 0 Å². The van der Waals surface area contributed by atoms with Crippen molar-refractivity contribution in [2.45, 2.75) is 13.3 Å². The van der Waals surface area contributed by atoms with E-state index in [0.717, 1.165) is 17.7 Å². The molecule has 3 amide bonds. The molecule has 0 spiro atoms. The van der Waals surface area contributed by atoms with Crippen molar-refractivity contribution in [3.05, 3.63) is 54.0 Å². The lowest BCUT2D eigenvalue weighted by Gasteiger charge is -2.18. The Morgan fingerprint density at radius 2 is 2.21 bits per heavy atom. The Labute approximate surface area is 140 Å². The molecule has 0 fully saturated rings. The van der Waals surface area contributed by atoms with Crippen LogP contribution in [0, 0.1) is 0 Å². The summed E-state index contributed by atoms with van der Waals surface area (Å²) in [7, 11) is 0. The van der Waals surface area contributed by atoms with Crippen LogP contribution in [0.1, 0.15) is 18.2 Å². The first-order chi connectivity index (χ1) is 11.7. The van der Waals surface area contributed by atoms with Crippen LogP contribution in [0.5, 0.6) is 0 Å². The number of rotatable bonds is 4. The predicted molar refractivity (Wildman–Crippen MR) is 92.9 cm³/mol. The molecule has 1 aliphatic rings. The summed E-state index contributed by atoms with van der Waals surface area (Å²) in [6.45, 7) is 3.12. The van der Waals surface area contributed by atoms with Gasteiger partial charge >= 0.3 is 6.03 Å². The second-order valence-corrected chi connectivity index (χ2v) is 5.42. The minimum atomic E-state index is -0.256. The van der Waals surface area contributed by atoms with Crippen LogP contribution in [-0.2, 0) is 11.2 Å². The van der Waals surface area contributed by atoms with Crippen LogP contribution < -0.4 is 15.5 Å². The summed E-state index contributed by atoms with van der Waals surface area (Å²) in [5.74, 6) is 0.357. The highest BCUT2D eigenvalue weighted by atomic mass is 16.3. The molecule has 0 aliphatic carbocycles. The molecule has 0 atom stereocenters. The van der Waals surface area contributed by atoms with Gasteiger partial charge in [0, 0.05) is 24.9 Å². The largest absolute Gasteiger partial charge is 0.465 e. The quantitative estimate of drug-likeness (QED) is 0.849. The van der Waals surface area contributed by atoms with Gasteiger partial charge in [0.25, 0.3) is 0 Å². The molecule has 0 bridgehead atoms. The number of urea groups is 1. The highest BCUT2D eigenvalue weighted by Crippen LogP contribution is 2.30. The van der Waals surface area contributed by atoms with E-state index in [1.54, 1.807) is 29.4 Å². The summed E-state index contributed by atoms with van der Waals surface area (Å²) in [5, 5.41) is 5.60. The van der Waals surface area contributed by atoms with Gasteiger partial charge in [-0.15, -0.1) is 0 Å². The first-order valence-corrected chi connectivity index (χ1v) is 7.88. The van der Waals surface area contributed by atoms with Gasteiger partial charge in [-0.25, -0.2) is 4.79 Å². The van der Waals surface area contributed by atoms with Crippen LogP contribution in [-0.4, -0.2) is 25.0 Å². The number of carbonyl (C=O) groups is 2. The summed E-state index contributed by atoms with van der Waals surface area (Å²) in [4.78, 5) is 25.8. The van der Waals surface area contributed by atoms with Crippen LogP contribution in [0.4, 0.5) is 16.2 Å². The summed E-state index contributed by atoms with van der Waals surface area (Å²) in [6, 6.07) is 9.03. The van der Waals surface area contributed by atoms with E-state index >= 15 is 0 Å². The van der Waals surface area contributed by atoms with Gasteiger partial charge in [-0.05, 0) is 49.2 Å². The van der Waals surface area contributed by atoms with Gasteiger partial charge in [-0.3, -0.25) is 9.69 Å². The summed E-state index contributed by atoms with van der Waals surface area (Å²) in [5.41, 5.74) is 2.60. The fourth-order valence-corrected chi connectivity index (χ4v) is 2.64. The molecule has 0 unspecified atom stereocenters. The maximum Gasteiger partial charge on any atom is 0.321 e. The van der Waals surface area contributed by atoms with E-state index in [2.05, 4.69) is 10.6 Å². The van der Waals surface area contributed by atoms with Gasteiger partial charge in [0.15, 0.2) is 0 Å². The average molecular weight is 325 g/mol. The molecule has 2 heterocycles. The third-order valence-electron chi connectivity index (χ3n) is 3.76. The van der Waals surface area contributed by atoms with Crippen LogP contribution >= 0.6 is 0 Å². The normalized spacial score (nSPS) is 13.1. The molecule has 2 aromatic rings. The van der Waals surface area contributed by atoms with Crippen molar-refractivity contribution in [3.8, 4) is 0 Å².